The number of carbonyl (C=O) groups is 1. The lowest BCUT2D eigenvalue weighted by molar-refractivity contribution is -0.385. The number of nitrogens with zero attached hydrogens (tertiary/aromatic N) is 4. The number of unbranched alkanes of at least 4 members (excludes halogenated alkanes) is 2. The molecule has 0 unspecified atom stereocenters. The van der Waals surface area contributed by atoms with Crippen LogP contribution in [0.25, 0.3) is 6.08 Å². The number of amides is 1. The van der Waals surface area contributed by atoms with Gasteiger partial charge in [-0.05, 0) is 120 Å². The predicted octanol–water partition coefficient (Wildman–Crippen LogP) is 8.92. The summed E-state index contributed by atoms with van der Waals surface area (Å²) in [4.78, 5) is 44.5. The monoisotopic (exact) mass is 904 g/mol. The van der Waals surface area contributed by atoms with E-state index in [0.717, 1.165) is 11.1 Å². The van der Waals surface area contributed by atoms with Gasteiger partial charge in [0.2, 0.25) is 11.7 Å². The molecule has 1 amide bonds. The quantitative estimate of drug-likeness (QED) is 0.0236. The Balaban J connectivity index is 1.43. The third kappa shape index (κ3) is 10.5. The molecule has 1 fully saturated rings. The van der Waals surface area contributed by atoms with Crippen molar-refractivity contribution in [1.82, 2.24) is 4.90 Å². The van der Waals surface area contributed by atoms with Crippen molar-refractivity contribution in [2.45, 2.75) is 75.8 Å². The van der Waals surface area contributed by atoms with Crippen molar-refractivity contribution in [2.24, 2.45) is 22.9 Å². The number of phenols is 1. The SMILES string of the molecule is C=CCO[C@@]12Oc3ccc(O)cc3[C@H]3[C@H](CCCCO)[C@@H](CCCCO)C=C(C(=NOCc4ccc([N+](=O)[O-])cc4)C[C@@H]1N(Cc1ccc(F)cc1)C(=O)C=Cc1ccc([N+](=O)[O-])cc1)[C@H]32. The van der Waals surface area contributed by atoms with Crippen molar-refractivity contribution in [3.63, 3.8) is 0 Å². The van der Waals surface area contributed by atoms with E-state index in [0.29, 0.717) is 66.7 Å². The van der Waals surface area contributed by atoms with Crippen LogP contribution in [-0.2, 0) is 27.5 Å². The third-order valence-corrected chi connectivity index (χ3v) is 12.7. The molecule has 1 saturated carbocycles. The highest BCUT2D eigenvalue weighted by Gasteiger charge is 2.65. The average Bonchev–Trinajstić information content (AvgIpc) is 3.31. The lowest BCUT2D eigenvalue weighted by atomic mass is 9.55. The number of rotatable bonds is 21. The van der Waals surface area contributed by atoms with Gasteiger partial charge in [-0.1, -0.05) is 42.3 Å². The molecule has 0 spiro atoms. The number of oxime groups is 1. The topological polar surface area (TPSA) is 207 Å². The molecule has 1 aliphatic heterocycles. The van der Waals surface area contributed by atoms with Crippen molar-refractivity contribution in [2.75, 3.05) is 19.8 Å². The number of aromatic hydroxyl groups is 1. The number of allylic oxidation sites excluding steroid dienone is 1. The number of hydrogen-bond acceptors (Lipinski definition) is 12. The van der Waals surface area contributed by atoms with Gasteiger partial charge in [0.15, 0.2) is 0 Å². The van der Waals surface area contributed by atoms with E-state index in [2.05, 4.69) is 12.7 Å². The van der Waals surface area contributed by atoms with Gasteiger partial charge in [-0.3, -0.25) is 25.0 Å². The van der Waals surface area contributed by atoms with Crippen LogP contribution < -0.4 is 4.74 Å². The first-order valence-electron chi connectivity index (χ1n) is 22.1. The summed E-state index contributed by atoms with van der Waals surface area (Å²) in [5.41, 5.74) is 3.52. The van der Waals surface area contributed by atoms with Gasteiger partial charge >= 0.3 is 0 Å². The Morgan fingerprint density at radius 1 is 0.909 bits per heavy atom. The van der Waals surface area contributed by atoms with Crippen LogP contribution in [0.4, 0.5) is 15.8 Å². The fourth-order valence-corrected chi connectivity index (χ4v) is 9.65. The van der Waals surface area contributed by atoms with E-state index in [1.807, 2.05) is 0 Å². The molecular formula is C50H53FN4O11. The van der Waals surface area contributed by atoms with E-state index >= 15 is 4.79 Å². The van der Waals surface area contributed by atoms with Crippen LogP contribution >= 0.6 is 0 Å². The molecular weight excluding hydrogens is 852 g/mol. The number of benzene rings is 4. The largest absolute Gasteiger partial charge is 0.508 e. The maximum atomic E-state index is 15.0. The molecule has 346 valence electrons. The molecule has 0 bridgehead atoms. The summed E-state index contributed by atoms with van der Waals surface area (Å²) in [5.74, 6) is -3.42. The number of nitro groups is 2. The number of carbonyl (C=O) groups excluding carboxylic acids is 1. The van der Waals surface area contributed by atoms with Gasteiger partial charge in [-0.25, -0.2) is 4.39 Å². The van der Waals surface area contributed by atoms with Crippen LogP contribution in [0.5, 0.6) is 11.5 Å². The minimum absolute atomic E-state index is 0.00276. The number of non-ortho nitro benzene ring substituents is 2. The summed E-state index contributed by atoms with van der Waals surface area (Å²) >= 11 is 0. The molecule has 4 aromatic carbocycles. The minimum atomic E-state index is -1.64. The van der Waals surface area contributed by atoms with E-state index in [-0.39, 0.29) is 68.4 Å². The second-order valence-corrected chi connectivity index (χ2v) is 16.8. The van der Waals surface area contributed by atoms with E-state index < -0.39 is 45.2 Å². The number of ether oxygens (including phenoxy) is 2. The summed E-state index contributed by atoms with van der Waals surface area (Å²) in [6.07, 6.45) is 10.6. The van der Waals surface area contributed by atoms with Crippen LogP contribution in [0.3, 0.4) is 0 Å². The number of phenolic OH excluding ortho intramolecular Hbond substituents is 1. The first kappa shape index (κ1) is 47.2. The fraction of sp³-hybridized carbons (Fsp3) is 0.360. The molecule has 3 aliphatic rings. The zero-order valence-corrected chi connectivity index (χ0v) is 36.3. The lowest BCUT2D eigenvalue weighted by Crippen LogP contribution is -2.70. The number of fused-ring (bicyclic) bond motifs is 2. The molecule has 1 heterocycles. The number of aliphatic hydroxyl groups is 2. The zero-order valence-electron chi connectivity index (χ0n) is 36.3. The van der Waals surface area contributed by atoms with Crippen molar-refractivity contribution in [1.29, 1.82) is 0 Å². The molecule has 3 N–H and O–H groups in total. The van der Waals surface area contributed by atoms with Gasteiger partial charge in [0.25, 0.3) is 11.4 Å². The molecule has 6 atom stereocenters. The number of halogens is 1. The number of nitro benzene ring substituents is 2. The van der Waals surface area contributed by atoms with Crippen LogP contribution in [0.1, 0.15) is 73.1 Å². The summed E-state index contributed by atoms with van der Waals surface area (Å²) < 4.78 is 28.6. The van der Waals surface area contributed by atoms with Crippen molar-refractivity contribution >= 4 is 29.1 Å². The second kappa shape index (κ2) is 21.5. The summed E-state index contributed by atoms with van der Waals surface area (Å²) in [7, 11) is 0. The van der Waals surface area contributed by atoms with Crippen molar-refractivity contribution < 1.29 is 48.7 Å². The highest BCUT2D eigenvalue weighted by atomic mass is 19.1. The van der Waals surface area contributed by atoms with Crippen molar-refractivity contribution in [3.05, 3.63) is 170 Å². The van der Waals surface area contributed by atoms with Gasteiger partial charge in [0.05, 0.1) is 28.1 Å². The van der Waals surface area contributed by atoms with Gasteiger partial charge in [-0.2, -0.15) is 0 Å². The van der Waals surface area contributed by atoms with Gasteiger partial charge < -0.3 is 34.5 Å². The van der Waals surface area contributed by atoms with Gasteiger partial charge in [0, 0.05) is 68.0 Å². The molecule has 66 heavy (non-hydrogen) atoms. The molecule has 2 aliphatic carbocycles. The molecule has 7 rings (SSSR count). The summed E-state index contributed by atoms with van der Waals surface area (Å²) in [6, 6.07) is 21.4. The van der Waals surface area contributed by atoms with Crippen LogP contribution in [0.2, 0.25) is 0 Å². The predicted molar refractivity (Wildman–Crippen MR) is 244 cm³/mol. The average molecular weight is 905 g/mol. The van der Waals surface area contributed by atoms with E-state index in [1.165, 1.54) is 60.7 Å². The molecule has 16 heteroatoms. The van der Waals surface area contributed by atoms with Crippen LogP contribution in [0, 0.1) is 43.8 Å². The van der Waals surface area contributed by atoms with E-state index in [9.17, 15) is 39.9 Å². The molecule has 0 saturated heterocycles. The molecule has 0 radical (unpaired) electrons. The molecule has 15 nitrogen and oxygen atoms in total. The Morgan fingerprint density at radius 2 is 1.56 bits per heavy atom. The Bertz CT molecular complexity index is 2460. The van der Waals surface area contributed by atoms with E-state index in [4.69, 9.17) is 19.5 Å². The number of hydrogen-bond donors (Lipinski definition) is 3. The van der Waals surface area contributed by atoms with Crippen LogP contribution in [-0.4, -0.2) is 73.3 Å². The number of aliphatic hydroxyl groups excluding tert-OH is 2. The maximum Gasteiger partial charge on any atom is 0.269 e. The normalized spacial score (nSPS) is 22.4. The van der Waals surface area contributed by atoms with Crippen molar-refractivity contribution in [3.8, 4) is 11.5 Å². The Kier molecular flexibility index (Phi) is 15.4. The Labute approximate surface area is 381 Å². The smallest absolute Gasteiger partial charge is 0.269 e. The molecule has 4 aromatic rings. The third-order valence-electron chi connectivity index (χ3n) is 12.7. The lowest BCUT2D eigenvalue weighted by Gasteiger charge is -2.60. The van der Waals surface area contributed by atoms with Crippen LogP contribution in [0.15, 0.2) is 127 Å². The highest BCUT2D eigenvalue weighted by Crippen LogP contribution is 2.62. The van der Waals surface area contributed by atoms with Gasteiger partial charge in [0.1, 0.15) is 30.0 Å². The summed E-state index contributed by atoms with van der Waals surface area (Å²) in [5, 5.41) is 58.4. The maximum absolute atomic E-state index is 15.0. The second-order valence-electron chi connectivity index (χ2n) is 16.8. The van der Waals surface area contributed by atoms with E-state index in [1.54, 1.807) is 53.5 Å². The fourth-order valence-electron chi connectivity index (χ4n) is 9.65. The first-order chi connectivity index (χ1) is 32.0. The minimum Gasteiger partial charge on any atom is -0.508 e. The summed E-state index contributed by atoms with van der Waals surface area (Å²) in [6.45, 7) is 3.90. The zero-order chi connectivity index (χ0) is 46.8. The highest BCUT2D eigenvalue weighted by molar-refractivity contribution is 6.03. The standard InChI is InChI=1S/C50H53FN4O11/c1-2-27-64-50-46(53(31-34-9-16-37(51)17-10-34)47(59)24-15-33-11-18-38(19-12-33)54(60)61)30-44(52-65-32-35-13-20-39(21-14-35)55(62)63)42-28-36(7-3-5-25-56)41(8-4-6-26-57)48(49(42)50)43-29-40(58)22-23-45(43)66-50/h2,9-24,28-29,36,41,46,48-49,56-58H,1,3-8,25-27,30-32H2/t36-,41+,46-,48+,49+,50+/m0/s1. The Morgan fingerprint density at radius 3 is 2.21 bits per heavy atom. The first-order valence-corrected chi connectivity index (χ1v) is 22.1. The Hall–Kier alpha value is -6.75. The molecule has 0 aromatic heterocycles. The van der Waals surface area contributed by atoms with Gasteiger partial charge in [-0.15, -0.1) is 6.58 Å².